The summed E-state index contributed by atoms with van der Waals surface area (Å²) in [5, 5.41) is 13.3. The summed E-state index contributed by atoms with van der Waals surface area (Å²) in [7, 11) is 0. The molecule has 3 heteroatoms. The Hall–Kier alpha value is -0.990. The molecule has 0 saturated heterocycles. The van der Waals surface area contributed by atoms with Crippen LogP contribution in [-0.2, 0) is 19.3 Å². The second-order valence-electron chi connectivity index (χ2n) is 10.3. The Morgan fingerprint density at radius 2 is 0.667 bits per heavy atom. The number of hydrogen-bond acceptors (Lipinski definition) is 3. The SMILES string of the molecule is CCCCCCCCCc1nnnc(CCCCCCCCC)c1CCCCCCCCC. The van der Waals surface area contributed by atoms with E-state index in [-0.39, 0.29) is 0 Å². The van der Waals surface area contributed by atoms with E-state index in [9.17, 15) is 0 Å². The highest BCUT2D eigenvalue weighted by Gasteiger charge is 2.12. The van der Waals surface area contributed by atoms with Crippen LogP contribution >= 0.6 is 0 Å². The van der Waals surface area contributed by atoms with Crippen molar-refractivity contribution in [2.45, 2.75) is 175 Å². The molecule has 1 heterocycles. The van der Waals surface area contributed by atoms with Crippen LogP contribution in [0.15, 0.2) is 0 Å². The molecule has 33 heavy (non-hydrogen) atoms. The molecule has 0 spiro atoms. The Morgan fingerprint density at radius 1 is 0.364 bits per heavy atom. The molecule has 3 nitrogen and oxygen atoms in total. The number of nitrogens with zero attached hydrogens (tertiary/aromatic N) is 3. The lowest BCUT2D eigenvalue weighted by molar-refractivity contribution is 0.566. The molecule has 1 rings (SSSR count). The lowest BCUT2D eigenvalue weighted by atomic mass is 9.96. The highest BCUT2D eigenvalue weighted by atomic mass is 15.3. The molecule has 0 atom stereocenters. The van der Waals surface area contributed by atoms with Crippen LogP contribution in [0.25, 0.3) is 0 Å². The van der Waals surface area contributed by atoms with E-state index < -0.39 is 0 Å². The van der Waals surface area contributed by atoms with Crippen molar-refractivity contribution < 1.29 is 0 Å². The smallest absolute Gasteiger partial charge is 0.0699 e. The van der Waals surface area contributed by atoms with E-state index in [4.69, 9.17) is 0 Å². The fourth-order valence-corrected chi connectivity index (χ4v) is 4.87. The minimum absolute atomic E-state index is 1.10. The second kappa shape index (κ2) is 22.8. The van der Waals surface area contributed by atoms with Crippen molar-refractivity contribution in [3.8, 4) is 0 Å². The van der Waals surface area contributed by atoms with E-state index in [1.807, 2.05) is 0 Å². The van der Waals surface area contributed by atoms with Gasteiger partial charge in [0.1, 0.15) is 0 Å². The number of aromatic nitrogens is 3. The van der Waals surface area contributed by atoms with Crippen LogP contribution in [-0.4, -0.2) is 15.4 Å². The summed E-state index contributed by atoms with van der Waals surface area (Å²) in [4.78, 5) is 0. The first-order valence-electron chi connectivity index (χ1n) is 15.0. The van der Waals surface area contributed by atoms with Gasteiger partial charge in [0.05, 0.1) is 11.4 Å². The summed E-state index contributed by atoms with van der Waals surface area (Å²) in [6, 6.07) is 0. The molecular weight excluding hydrogens is 402 g/mol. The quantitative estimate of drug-likeness (QED) is 0.144. The van der Waals surface area contributed by atoms with Gasteiger partial charge < -0.3 is 0 Å². The highest BCUT2D eigenvalue weighted by molar-refractivity contribution is 5.24. The molecule has 0 aromatic carbocycles. The van der Waals surface area contributed by atoms with Crippen LogP contribution in [0.5, 0.6) is 0 Å². The second-order valence-corrected chi connectivity index (χ2v) is 10.3. The lowest BCUT2D eigenvalue weighted by Gasteiger charge is -2.12. The van der Waals surface area contributed by atoms with E-state index in [1.54, 1.807) is 0 Å². The summed E-state index contributed by atoms with van der Waals surface area (Å²) < 4.78 is 0. The third-order valence-electron chi connectivity index (χ3n) is 7.09. The molecule has 0 amide bonds. The van der Waals surface area contributed by atoms with Gasteiger partial charge in [-0.25, -0.2) is 0 Å². The maximum absolute atomic E-state index is 4.54. The van der Waals surface area contributed by atoms with E-state index in [2.05, 4.69) is 36.2 Å². The Bertz CT molecular complexity index is 507. The topological polar surface area (TPSA) is 38.7 Å². The number of rotatable bonds is 24. The van der Waals surface area contributed by atoms with Gasteiger partial charge in [-0.15, -0.1) is 10.2 Å². The molecule has 0 saturated carbocycles. The first-order chi connectivity index (χ1) is 16.3. The van der Waals surface area contributed by atoms with Crippen LogP contribution in [0.1, 0.15) is 173 Å². The van der Waals surface area contributed by atoms with Crippen LogP contribution in [0.4, 0.5) is 0 Å². The molecule has 1 aromatic rings. The average molecular weight is 460 g/mol. The summed E-state index contributed by atoms with van der Waals surface area (Å²) in [6.45, 7) is 6.88. The predicted octanol–water partition coefficient (Wildman–Crippen LogP) is 9.75. The van der Waals surface area contributed by atoms with Crippen LogP contribution in [0, 0.1) is 0 Å². The van der Waals surface area contributed by atoms with Gasteiger partial charge in [-0.1, -0.05) is 136 Å². The van der Waals surface area contributed by atoms with Gasteiger partial charge in [-0.2, -0.15) is 0 Å². The van der Waals surface area contributed by atoms with Gasteiger partial charge in [-0.3, -0.25) is 0 Å². The van der Waals surface area contributed by atoms with Crippen LogP contribution < -0.4 is 0 Å². The molecule has 0 N–H and O–H groups in total. The number of unbranched alkanes of at least 4 members (excludes halogenated alkanes) is 18. The fourth-order valence-electron chi connectivity index (χ4n) is 4.87. The minimum Gasteiger partial charge on any atom is -0.135 e. The average Bonchev–Trinajstić information content (AvgIpc) is 2.83. The van der Waals surface area contributed by atoms with Crippen molar-refractivity contribution in [2.24, 2.45) is 0 Å². The van der Waals surface area contributed by atoms with Gasteiger partial charge in [0.25, 0.3) is 0 Å². The molecule has 1 aromatic heterocycles. The van der Waals surface area contributed by atoms with E-state index >= 15 is 0 Å². The first-order valence-corrected chi connectivity index (χ1v) is 15.0. The standard InChI is InChI=1S/C30H57N3/c1-4-7-10-13-16-19-22-25-28-29(26-23-20-17-14-11-8-5-2)31-33-32-30(28)27-24-21-18-15-12-9-6-3/h4-27H2,1-3H3. The molecule has 0 radical (unpaired) electrons. The zero-order chi connectivity index (χ0) is 23.8. The normalized spacial score (nSPS) is 11.4. The molecular formula is C30H57N3. The van der Waals surface area contributed by atoms with Crippen molar-refractivity contribution >= 4 is 0 Å². The van der Waals surface area contributed by atoms with E-state index in [0.29, 0.717) is 0 Å². The largest absolute Gasteiger partial charge is 0.135 e. The summed E-state index contributed by atoms with van der Waals surface area (Å²) in [5.41, 5.74) is 4.00. The van der Waals surface area contributed by atoms with Gasteiger partial charge in [0.2, 0.25) is 0 Å². The number of hydrogen-bond donors (Lipinski definition) is 0. The fraction of sp³-hybridized carbons (Fsp3) is 0.900. The molecule has 0 fully saturated rings. The highest BCUT2D eigenvalue weighted by Crippen LogP contribution is 2.20. The Balaban J connectivity index is 2.51. The Morgan fingerprint density at radius 3 is 1.03 bits per heavy atom. The van der Waals surface area contributed by atoms with Gasteiger partial charge in [0, 0.05) is 0 Å². The number of aryl methyl sites for hydroxylation is 2. The summed E-state index contributed by atoms with van der Waals surface area (Å²) >= 11 is 0. The maximum atomic E-state index is 4.54. The van der Waals surface area contributed by atoms with Crippen molar-refractivity contribution in [3.05, 3.63) is 17.0 Å². The van der Waals surface area contributed by atoms with Crippen molar-refractivity contribution in [1.29, 1.82) is 0 Å². The van der Waals surface area contributed by atoms with Crippen LogP contribution in [0.2, 0.25) is 0 Å². The van der Waals surface area contributed by atoms with Gasteiger partial charge >= 0.3 is 0 Å². The lowest BCUT2D eigenvalue weighted by Crippen LogP contribution is -2.09. The van der Waals surface area contributed by atoms with E-state index in [0.717, 1.165) is 19.3 Å². The van der Waals surface area contributed by atoms with Crippen LogP contribution in [0.3, 0.4) is 0 Å². The molecule has 0 unspecified atom stereocenters. The molecule has 0 aliphatic heterocycles. The molecule has 192 valence electrons. The van der Waals surface area contributed by atoms with E-state index in [1.165, 1.54) is 152 Å². The molecule has 0 aliphatic carbocycles. The molecule has 0 aliphatic rings. The Kier molecular flexibility index (Phi) is 20.7. The minimum atomic E-state index is 1.10. The molecule has 0 bridgehead atoms. The monoisotopic (exact) mass is 459 g/mol. The van der Waals surface area contributed by atoms with Gasteiger partial charge in [-0.05, 0) is 49.3 Å². The third-order valence-corrected chi connectivity index (χ3v) is 7.09. The predicted molar refractivity (Wildman–Crippen MR) is 145 cm³/mol. The first kappa shape index (κ1) is 30.0. The summed E-state index contributed by atoms with van der Waals surface area (Å²) in [6.07, 6.45) is 31.8. The maximum Gasteiger partial charge on any atom is 0.0699 e. The van der Waals surface area contributed by atoms with Crippen molar-refractivity contribution in [2.75, 3.05) is 0 Å². The van der Waals surface area contributed by atoms with Crippen molar-refractivity contribution in [1.82, 2.24) is 15.4 Å². The summed E-state index contributed by atoms with van der Waals surface area (Å²) in [5.74, 6) is 0. The van der Waals surface area contributed by atoms with Crippen molar-refractivity contribution in [3.63, 3.8) is 0 Å². The third kappa shape index (κ3) is 16.3. The zero-order valence-electron chi connectivity index (χ0n) is 22.8. The Labute approximate surface area is 207 Å². The van der Waals surface area contributed by atoms with Gasteiger partial charge in [0.15, 0.2) is 0 Å². The zero-order valence-corrected chi connectivity index (χ0v) is 22.8.